The van der Waals surface area contributed by atoms with Crippen LogP contribution in [0.1, 0.15) is 5.56 Å². The highest BCUT2D eigenvalue weighted by Gasteiger charge is 2.34. The lowest BCUT2D eigenvalue weighted by Gasteiger charge is -2.10. The minimum absolute atomic E-state index is 0.244. The van der Waals surface area contributed by atoms with Crippen LogP contribution < -0.4 is 5.76 Å². The molecule has 1 aromatic heterocycles. The molecular formula is C9H4BrF3N2O2. The third-order valence-corrected chi connectivity index (χ3v) is 2.48. The number of hydrogen-bond acceptors (Lipinski definition) is 3. The van der Waals surface area contributed by atoms with E-state index in [0.29, 0.717) is 0 Å². The molecule has 17 heavy (non-hydrogen) atoms. The van der Waals surface area contributed by atoms with Gasteiger partial charge in [-0.3, -0.25) is 9.51 Å². The molecule has 1 aromatic carbocycles. The van der Waals surface area contributed by atoms with Crippen molar-refractivity contribution in [2.75, 3.05) is 0 Å². The van der Waals surface area contributed by atoms with Gasteiger partial charge in [0.25, 0.3) is 0 Å². The Bertz CT molecular complexity index is 603. The highest BCUT2D eigenvalue weighted by Crippen LogP contribution is 2.37. The van der Waals surface area contributed by atoms with Crippen molar-refractivity contribution >= 4 is 15.9 Å². The lowest BCUT2D eigenvalue weighted by Crippen LogP contribution is -2.08. The van der Waals surface area contributed by atoms with Gasteiger partial charge in [-0.25, -0.2) is 4.79 Å². The standard InChI is InChI=1S/C9H4BrF3N2O2/c10-4-1-2-5(6(3-4)9(11,12)13)7-14-8(16)17-15-7/h1-3H,(H,14,15,16). The van der Waals surface area contributed by atoms with Crippen molar-refractivity contribution in [3.05, 3.63) is 38.8 Å². The van der Waals surface area contributed by atoms with Gasteiger partial charge in [0.05, 0.1) is 5.56 Å². The second-order valence-electron chi connectivity index (χ2n) is 3.13. The van der Waals surface area contributed by atoms with Crippen molar-refractivity contribution in [3.63, 3.8) is 0 Å². The minimum atomic E-state index is -4.55. The zero-order valence-electron chi connectivity index (χ0n) is 8.01. The summed E-state index contributed by atoms with van der Waals surface area (Å²) in [7, 11) is 0. The van der Waals surface area contributed by atoms with Gasteiger partial charge in [0, 0.05) is 10.0 Å². The lowest BCUT2D eigenvalue weighted by molar-refractivity contribution is -0.137. The van der Waals surface area contributed by atoms with E-state index in [1.54, 1.807) is 0 Å². The van der Waals surface area contributed by atoms with Crippen LogP contribution in [0.3, 0.4) is 0 Å². The molecule has 0 atom stereocenters. The average Bonchev–Trinajstić information content (AvgIpc) is 2.63. The van der Waals surface area contributed by atoms with E-state index in [1.807, 2.05) is 0 Å². The Labute approximate surface area is 101 Å². The number of benzene rings is 1. The number of aromatic nitrogens is 2. The fraction of sp³-hybridized carbons (Fsp3) is 0.111. The third kappa shape index (κ3) is 2.41. The molecule has 2 aromatic rings. The quantitative estimate of drug-likeness (QED) is 0.881. The maximum absolute atomic E-state index is 12.7. The second-order valence-corrected chi connectivity index (χ2v) is 4.05. The first kappa shape index (κ1) is 11.9. The maximum Gasteiger partial charge on any atom is 0.439 e. The molecule has 0 aliphatic heterocycles. The summed E-state index contributed by atoms with van der Waals surface area (Å²) in [4.78, 5) is 12.8. The summed E-state index contributed by atoms with van der Waals surface area (Å²) in [6, 6.07) is 3.51. The Kier molecular flexibility index (Phi) is 2.82. The molecular weight excluding hydrogens is 305 g/mol. The monoisotopic (exact) mass is 308 g/mol. The van der Waals surface area contributed by atoms with Gasteiger partial charge in [0.2, 0.25) is 0 Å². The van der Waals surface area contributed by atoms with Gasteiger partial charge < -0.3 is 0 Å². The Morgan fingerprint density at radius 2 is 2.06 bits per heavy atom. The van der Waals surface area contributed by atoms with E-state index in [2.05, 4.69) is 30.6 Å². The van der Waals surface area contributed by atoms with Crippen LogP contribution in [0, 0.1) is 0 Å². The molecule has 4 nitrogen and oxygen atoms in total. The van der Waals surface area contributed by atoms with Crippen LogP contribution >= 0.6 is 15.9 Å². The van der Waals surface area contributed by atoms with Gasteiger partial charge in [-0.1, -0.05) is 21.1 Å². The number of aromatic amines is 1. The summed E-state index contributed by atoms with van der Waals surface area (Å²) in [6.07, 6.45) is -4.55. The number of alkyl halides is 3. The molecule has 90 valence electrons. The van der Waals surface area contributed by atoms with E-state index in [0.717, 1.165) is 6.07 Å². The first-order valence-corrected chi connectivity index (χ1v) is 5.10. The van der Waals surface area contributed by atoms with E-state index in [-0.39, 0.29) is 15.9 Å². The SMILES string of the molecule is O=c1[nH]c(-c2ccc(Br)cc2C(F)(F)F)no1. The molecule has 0 saturated carbocycles. The maximum atomic E-state index is 12.7. The first-order valence-electron chi connectivity index (χ1n) is 4.31. The third-order valence-electron chi connectivity index (χ3n) is 1.98. The molecule has 0 aliphatic rings. The fourth-order valence-electron chi connectivity index (χ4n) is 1.30. The summed E-state index contributed by atoms with van der Waals surface area (Å²) in [5.41, 5.74) is -1.15. The summed E-state index contributed by atoms with van der Waals surface area (Å²) < 4.78 is 42.7. The number of rotatable bonds is 1. The lowest BCUT2D eigenvalue weighted by atomic mass is 10.1. The van der Waals surface area contributed by atoms with Gasteiger partial charge in [-0.2, -0.15) is 13.2 Å². The van der Waals surface area contributed by atoms with Crippen LogP contribution in [0.25, 0.3) is 11.4 Å². The van der Waals surface area contributed by atoms with E-state index in [4.69, 9.17) is 0 Å². The Balaban J connectivity index is 2.65. The van der Waals surface area contributed by atoms with Crippen molar-refractivity contribution in [1.29, 1.82) is 0 Å². The van der Waals surface area contributed by atoms with Crippen molar-refractivity contribution in [1.82, 2.24) is 10.1 Å². The van der Waals surface area contributed by atoms with Crippen LogP contribution in [-0.2, 0) is 6.18 Å². The van der Waals surface area contributed by atoms with Crippen molar-refractivity contribution in [2.24, 2.45) is 0 Å². The molecule has 0 aliphatic carbocycles. The van der Waals surface area contributed by atoms with Gasteiger partial charge in [0.15, 0.2) is 5.82 Å². The second kappa shape index (κ2) is 4.02. The molecule has 0 bridgehead atoms. The van der Waals surface area contributed by atoms with E-state index in [9.17, 15) is 18.0 Å². The molecule has 0 saturated heterocycles. The zero-order valence-corrected chi connectivity index (χ0v) is 9.59. The number of nitrogens with one attached hydrogen (secondary N) is 1. The van der Waals surface area contributed by atoms with Crippen LogP contribution in [-0.4, -0.2) is 10.1 Å². The highest BCUT2D eigenvalue weighted by atomic mass is 79.9. The average molecular weight is 309 g/mol. The van der Waals surface area contributed by atoms with Crippen LogP contribution in [0.4, 0.5) is 13.2 Å². The van der Waals surface area contributed by atoms with E-state index in [1.165, 1.54) is 12.1 Å². The van der Waals surface area contributed by atoms with Crippen LogP contribution in [0.5, 0.6) is 0 Å². The predicted octanol–water partition coefficient (Wildman–Crippen LogP) is 2.81. The minimum Gasteiger partial charge on any atom is -0.296 e. The molecule has 1 heterocycles. The van der Waals surface area contributed by atoms with Gasteiger partial charge in [-0.15, -0.1) is 0 Å². The topological polar surface area (TPSA) is 58.9 Å². The molecule has 2 rings (SSSR count). The molecule has 8 heteroatoms. The summed E-state index contributed by atoms with van der Waals surface area (Å²) in [6.45, 7) is 0. The summed E-state index contributed by atoms with van der Waals surface area (Å²) in [5.74, 6) is -1.16. The Hall–Kier alpha value is -1.57. The van der Waals surface area contributed by atoms with Crippen molar-refractivity contribution in [2.45, 2.75) is 6.18 Å². The predicted molar refractivity (Wildman–Crippen MR) is 55.3 cm³/mol. The molecule has 0 spiro atoms. The molecule has 0 unspecified atom stereocenters. The molecule has 1 N–H and O–H groups in total. The van der Waals surface area contributed by atoms with Gasteiger partial charge >= 0.3 is 11.9 Å². The molecule has 0 radical (unpaired) electrons. The fourth-order valence-corrected chi connectivity index (χ4v) is 1.66. The number of hydrogen-bond donors (Lipinski definition) is 1. The van der Waals surface area contributed by atoms with E-state index < -0.39 is 17.5 Å². The first-order chi connectivity index (χ1) is 7.88. The largest absolute Gasteiger partial charge is 0.439 e. The summed E-state index contributed by atoms with van der Waals surface area (Å²) in [5, 5.41) is 3.23. The number of nitrogens with zero attached hydrogens (tertiary/aromatic N) is 1. The van der Waals surface area contributed by atoms with Gasteiger partial charge in [-0.05, 0) is 18.2 Å². The molecule has 0 amide bonds. The normalized spacial score (nSPS) is 11.8. The van der Waals surface area contributed by atoms with Crippen molar-refractivity contribution < 1.29 is 17.7 Å². The van der Waals surface area contributed by atoms with Crippen LogP contribution in [0.15, 0.2) is 32.0 Å². The number of halogens is 4. The highest BCUT2D eigenvalue weighted by molar-refractivity contribution is 9.10. The number of H-pyrrole nitrogens is 1. The van der Waals surface area contributed by atoms with Crippen LogP contribution in [0.2, 0.25) is 0 Å². The van der Waals surface area contributed by atoms with Gasteiger partial charge in [0.1, 0.15) is 0 Å². The zero-order chi connectivity index (χ0) is 12.6. The van der Waals surface area contributed by atoms with E-state index >= 15 is 0 Å². The summed E-state index contributed by atoms with van der Waals surface area (Å²) >= 11 is 2.95. The Morgan fingerprint density at radius 1 is 1.35 bits per heavy atom. The molecule has 0 fully saturated rings. The Morgan fingerprint density at radius 3 is 2.59 bits per heavy atom. The van der Waals surface area contributed by atoms with Crippen molar-refractivity contribution in [3.8, 4) is 11.4 Å². The smallest absolute Gasteiger partial charge is 0.296 e.